The topological polar surface area (TPSA) is 229 Å². The van der Waals surface area contributed by atoms with Crippen molar-refractivity contribution in [1.82, 2.24) is 10.2 Å². The number of anilines is 1. The minimum absolute atomic E-state index is 0.0112. The van der Waals surface area contributed by atoms with Crippen molar-refractivity contribution < 1.29 is 50.3 Å². The van der Waals surface area contributed by atoms with Crippen LogP contribution in [0.5, 0.6) is 0 Å². The number of halogens is 2. The van der Waals surface area contributed by atoms with Crippen LogP contribution in [-0.4, -0.2) is 127 Å². The molecule has 25 atom stereocenters. The van der Waals surface area contributed by atoms with E-state index in [0.717, 1.165) is 24.9 Å². The normalized spacial score (nSPS) is 26.8. The highest BCUT2D eigenvalue weighted by Gasteiger charge is 2.45. The average Bonchev–Trinajstić information content (AvgIpc) is 3.26. The van der Waals surface area contributed by atoms with Crippen LogP contribution in [0.25, 0.3) is 0 Å². The molecule has 0 spiro atoms. The van der Waals surface area contributed by atoms with Crippen LogP contribution < -0.4 is 15.5 Å². The molecule has 14 nitrogen and oxygen atoms in total. The fraction of sp³-hybridized carbons (Fsp3) is 0.481. The number of isothiocyanates is 1. The van der Waals surface area contributed by atoms with Crippen molar-refractivity contribution in [2.45, 2.75) is 68.2 Å². The van der Waals surface area contributed by atoms with Crippen LogP contribution in [0.15, 0.2) is 53.5 Å². The van der Waals surface area contributed by atoms with Crippen molar-refractivity contribution in [3.05, 3.63) is 57.7 Å². The predicted molar refractivity (Wildman–Crippen MR) is 367 cm³/mol. The minimum atomic E-state index is -1.41. The molecule has 0 aliphatic carbocycles. The van der Waals surface area contributed by atoms with Crippen molar-refractivity contribution in [3.8, 4) is 0 Å². The molecule has 2 aromatic rings. The summed E-state index contributed by atoms with van der Waals surface area (Å²) in [5.41, 5.74) is 2.71. The van der Waals surface area contributed by atoms with Gasteiger partial charge in [0.15, 0.2) is 17.7 Å². The largest absolute Gasteiger partial charge is 0.394 e. The monoisotopic (exact) mass is 1510 g/mol. The summed E-state index contributed by atoms with van der Waals surface area (Å²) >= 11 is 17.0. The molecule has 0 amide bonds. The van der Waals surface area contributed by atoms with E-state index >= 15 is 0 Å². The lowest BCUT2D eigenvalue weighted by Gasteiger charge is -2.42. The molecule has 4 rings (SSSR count). The molecule has 40 heteroatoms. The molecule has 17 unspecified atom stereocenters. The molecule has 2 fully saturated rings. The van der Waals surface area contributed by atoms with Gasteiger partial charge < -0.3 is 61.0 Å². The number of aliphatic imine (C=N–C) groups is 1. The van der Waals surface area contributed by atoms with Crippen molar-refractivity contribution in [1.29, 1.82) is 1.28 Å². The highest BCUT2D eigenvalue weighted by Crippen LogP contribution is 3.26. The number of aliphatic hydroxyl groups excluding tert-OH is 8. The van der Waals surface area contributed by atoms with Gasteiger partial charge in [0.05, 0.1) is 25.3 Å². The van der Waals surface area contributed by atoms with E-state index in [-0.39, 0.29) is 68.0 Å². The van der Waals surface area contributed by atoms with Crippen LogP contribution in [0.3, 0.4) is 0 Å². The number of rotatable bonds is 16. The Balaban J connectivity index is 0.000000475. The van der Waals surface area contributed by atoms with E-state index in [9.17, 15) is 31.9 Å². The summed E-state index contributed by atoms with van der Waals surface area (Å²) in [7, 11) is 34.3. The number of nitrogens with one attached hydrogen (secondary N) is 3. The van der Waals surface area contributed by atoms with Crippen molar-refractivity contribution in [2.24, 2.45) is 4.99 Å². The summed E-state index contributed by atoms with van der Waals surface area (Å²) in [4.78, 5) is 5.89. The zero-order valence-corrected chi connectivity index (χ0v) is 62.2. The van der Waals surface area contributed by atoms with E-state index < -0.39 is 82.4 Å². The number of benzene rings is 2. The Morgan fingerprint density at radius 2 is 1.19 bits per heavy atom. The summed E-state index contributed by atoms with van der Waals surface area (Å²) in [6, 6.07) is 13.3. The van der Waals surface area contributed by atoms with Crippen molar-refractivity contribution >= 4 is 257 Å². The summed E-state index contributed by atoms with van der Waals surface area (Å²) in [6.45, 7) is 0.0508. The maximum atomic E-state index is 10.0. The SMILES string of the molecule is Cc1ccc(NC(=S)N[C@H]2C(O)O[C@H](CO)[C@@H](O)[C@@H]2O)cc1.OC[C@H]1OC(O)[C@H](NCl)[C@@H](O)[C@@H]1O.S=C=Nc1ccc(I)cc1.[3H]P(P(P(P)P)P(P)P)P(P(PP)P(P)P)P(P(P)P)P(P)P. The molecule has 384 valence electrons. The van der Waals surface area contributed by atoms with Gasteiger partial charge in [-0.2, -0.15) is 4.99 Å². The number of nitrogens with zero attached hydrogens (tertiary/aromatic N) is 1. The summed E-state index contributed by atoms with van der Waals surface area (Å²) in [5, 5.41) is 83.4. The minimum Gasteiger partial charge on any atom is -0.394 e. The lowest BCUT2D eigenvalue weighted by atomic mass is 9.97. The molecule has 2 saturated heterocycles. The highest BCUT2D eigenvalue weighted by atomic mass is 127. The fourth-order valence-corrected chi connectivity index (χ4v) is 235. The zero-order valence-electron chi connectivity index (χ0n) is 36.0. The molecule has 2 aliphatic rings. The van der Waals surface area contributed by atoms with Gasteiger partial charge in [-0.15, -0.1) is 98.2 Å². The molecule has 0 radical (unpaired) electrons. The zero-order chi connectivity index (χ0) is 52.2. The Hall–Kier alpha value is 7.97. The quantitative estimate of drug-likeness (QED) is 0.0247. The third-order valence-corrected chi connectivity index (χ3v) is 141. The van der Waals surface area contributed by atoms with Crippen LogP contribution in [0, 0.1) is 10.5 Å². The molecule has 11 N–H and O–H groups in total. The van der Waals surface area contributed by atoms with Gasteiger partial charge in [-0.25, -0.2) is 4.84 Å². The third kappa shape index (κ3) is 27.1. The third-order valence-electron chi connectivity index (χ3n) is 8.18. The lowest BCUT2D eigenvalue weighted by molar-refractivity contribution is -0.251. The Morgan fingerprint density at radius 3 is 1.58 bits per heavy atom. The number of hydrogen-bond donors (Lipinski definition) is 11. The van der Waals surface area contributed by atoms with Crippen LogP contribution in [-0.2, 0) is 9.47 Å². The maximum Gasteiger partial charge on any atom is 0.178 e. The molecule has 2 aromatic carbocycles. The number of hydrogen-bond acceptors (Lipinski definition) is 14. The smallest absolute Gasteiger partial charge is 0.178 e. The number of aryl methyl sites for hydroxylation is 1. The lowest BCUT2D eigenvalue weighted by Crippen LogP contribution is -2.64. The van der Waals surface area contributed by atoms with Crippen LogP contribution in [0.4, 0.5) is 11.4 Å². The summed E-state index contributed by atoms with van der Waals surface area (Å²) in [6.07, 6.45) is -10.0. The molecule has 0 bridgehead atoms. The van der Waals surface area contributed by atoms with Gasteiger partial charge in [0.2, 0.25) is 0 Å². The Kier molecular flexibility index (Phi) is 42.7. The standard InChI is InChI=1S/C14H20N2O5S.C7H4INS.C6H12ClNO5.H24P22/c1-7-2-4-8(5-3-7)15-14(22)16-10-12(19)11(18)9(6-17)21-13(10)20;8-6-1-3-7(4-2-6)9-5-10;7-8-3-5(11)4(10)2(1-9)13-6(3)12;1-12-19(14(2)3)21(22(17(8)9)18(10)11)13-20(15(4)5)16(6)7/h2-5,9-13,17-20H,6H2,1H3,(H2,15,16,22);1-4H;2-6,8-12H,1H2;12-13H,1-11H2/t9-,10-,11-,12-,13?;;2-,3-,4-,5-,6?;/m1.1./s1/i;;;13T. The van der Waals surface area contributed by atoms with Crippen molar-refractivity contribution in [3.63, 3.8) is 0 Å². The molecule has 67 heavy (non-hydrogen) atoms. The first-order valence-electron chi connectivity index (χ1n) is 18.7. The van der Waals surface area contributed by atoms with Gasteiger partial charge in [-0.05, 0) is 173 Å². The van der Waals surface area contributed by atoms with E-state index in [2.05, 4.69) is 159 Å². The summed E-state index contributed by atoms with van der Waals surface area (Å²) < 4.78 is 20.4. The highest BCUT2D eigenvalue weighted by molar-refractivity contribution is 14.1. The molecule has 0 aromatic heterocycles. The second kappa shape index (κ2) is 40.2. The summed E-state index contributed by atoms with van der Waals surface area (Å²) in [5.74, 6) is 0. The molecular weight excluding hydrogens is 1450 g/mol. The molecule has 2 heterocycles. The molecule has 0 saturated carbocycles. The van der Waals surface area contributed by atoms with E-state index in [1.165, 1.54) is 3.57 Å². The second-order valence-electron chi connectivity index (χ2n) is 13.0. The number of ether oxygens (including phenoxy) is 2. The molecule has 2 aliphatic heterocycles. The first kappa shape index (κ1) is 71.1. The first-order chi connectivity index (χ1) is 31.8. The maximum absolute atomic E-state index is 10.0. The Bertz CT molecular complexity index is 1790. The van der Waals surface area contributed by atoms with Gasteiger partial charge >= 0.3 is 0 Å². The Labute approximate surface area is 464 Å². The van der Waals surface area contributed by atoms with Crippen molar-refractivity contribution in [2.75, 3.05) is 18.5 Å². The van der Waals surface area contributed by atoms with E-state index in [1.807, 2.05) is 55.5 Å². The van der Waals surface area contributed by atoms with Gasteiger partial charge in [0, 0.05) is 9.26 Å². The van der Waals surface area contributed by atoms with Crippen LogP contribution in [0.1, 0.15) is 5.56 Å². The molecular formula is C27H60ClIN4O10P22S2. The predicted octanol–water partition coefficient (Wildman–Crippen LogP) is 12.2. The average molecular weight is 1510 g/mol. The van der Waals surface area contributed by atoms with Crippen LogP contribution in [0.2, 0.25) is 0 Å². The van der Waals surface area contributed by atoms with E-state index in [4.69, 9.17) is 43.7 Å². The van der Waals surface area contributed by atoms with E-state index in [0.29, 0.717) is 0 Å². The Morgan fingerprint density at radius 1 is 0.746 bits per heavy atom. The number of thiocarbonyl (C=S) groups is 2. The second-order valence-corrected chi connectivity index (χ2v) is 98.6. The van der Waals surface area contributed by atoms with Gasteiger partial charge in [-0.1, -0.05) is 25.7 Å². The van der Waals surface area contributed by atoms with Gasteiger partial charge in [0.1, 0.15) is 48.7 Å². The van der Waals surface area contributed by atoms with Gasteiger partial charge in [-0.3, -0.25) is 0 Å². The fourth-order valence-electron chi connectivity index (χ4n) is 4.94. The number of aliphatic hydroxyl groups is 8. The van der Waals surface area contributed by atoms with E-state index in [1.54, 1.807) is 0 Å². The van der Waals surface area contributed by atoms with Crippen LogP contribution >= 0.6 is 236 Å². The first-order valence-corrected chi connectivity index (χ1v) is 59.6. The van der Waals surface area contributed by atoms with Gasteiger partial charge in [0.25, 0.3) is 0 Å².